The zero-order chi connectivity index (χ0) is 14.4. The summed E-state index contributed by atoms with van der Waals surface area (Å²) in [7, 11) is 0. The van der Waals surface area contributed by atoms with E-state index in [1.165, 1.54) is 0 Å². The highest BCUT2D eigenvalue weighted by Crippen LogP contribution is 2.14. The molecule has 2 N–H and O–H groups in total. The van der Waals surface area contributed by atoms with Crippen molar-refractivity contribution in [2.24, 2.45) is 5.92 Å². The number of carbonyl (C=O) groups excluding carboxylic acids is 1. The second-order valence-corrected chi connectivity index (χ2v) is 4.93. The summed E-state index contributed by atoms with van der Waals surface area (Å²) in [5.74, 6) is -0.810. The fourth-order valence-corrected chi connectivity index (χ4v) is 2.29. The number of nitrogens with one attached hydrogen (secondary N) is 1. The van der Waals surface area contributed by atoms with Gasteiger partial charge in [-0.2, -0.15) is 0 Å². The van der Waals surface area contributed by atoms with E-state index in [0.29, 0.717) is 26.2 Å². The molecule has 1 aromatic carbocycles. The second-order valence-electron chi connectivity index (χ2n) is 4.93. The SMILES string of the molecule is O=C(O)c1cccc(CCNC(=O)C2CCOCC2)c1. The predicted octanol–water partition coefficient (Wildman–Crippen LogP) is 1.47. The van der Waals surface area contributed by atoms with Crippen LogP contribution in [0.15, 0.2) is 24.3 Å². The van der Waals surface area contributed by atoms with Crippen LogP contribution in [0.25, 0.3) is 0 Å². The van der Waals surface area contributed by atoms with Gasteiger partial charge in [-0.25, -0.2) is 4.79 Å². The molecule has 0 unspecified atom stereocenters. The first-order valence-corrected chi connectivity index (χ1v) is 6.84. The van der Waals surface area contributed by atoms with Crippen molar-refractivity contribution in [3.63, 3.8) is 0 Å². The van der Waals surface area contributed by atoms with Crippen LogP contribution < -0.4 is 5.32 Å². The number of carbonyl (C=O) groups is 2. The zero-order valence-corrected chi connectivity index (χ0v) is 11.3. The highest BCUT2D eigenvalue weighted by Gasteiger charge is 2.20. The quantitative estimate of drug-likeness (QED) is 0.854. The van der Waals surface area contributed by atoms with E-state index in [1.807, 2.05) is 6.07 Å². The Morgan fingerprint density at radius 3 is 2.75 bits per heavy atom. The molecule has 20 heavy (non-hydrogen) atoms. The molecule has 1 amide bonds. The van der Waals surface area contributed by atoms with Crippen molar-refractivity contribution >= 4 is 11.9 Å². The number of carboxylic acids is 1. The standard InChI is InChI=1S/C15H19NO4/c17-14(12-5-8-20-9-6-12)16-7-4-11-2-1-3-13(10-11)15(18)19/h1-3,10,12H,4-9H2,(H,16,17)(H,18,19). The second kappa shape index (κ2) is 7.05. The van der Waals surface area contributed by atoms with Crippen molar-refractivity contribution in [1.82, 2.24) is 5.32 Å². The van der Waals surface area contributed by atoms with Crippen molar-refractivity contribution in [3.8, 4) is 0 Å². The number of hydrogen-bond acceptors (Lipinski definition) is 3. The third-order valence-electron chi connectivity index (χ3n) is 3.48. The lowest BCUT2D eigenvalue weighted by molar-refractivity contribution is -0.127. The van der Waals surface area contributed by atoms with Gasteiger partial charge in [0, 0.05) is 25.7 Å². The van der Waals surface area contributed by atoms with Crippen LogP contribution in [0.5, 0.6) is 0 Å². The molecule has 108 valence electrons. The van der Waals surface area contributed by atoms with E-state index in [-0.39, 0.29) is 17.4 Å². The molecule has 5 heteroatoms. The van der Waals surface area contributed by atoms with Crippen molar-refractivity contribution in [1.29, 1.82) is 0 Å². The van der Waals surface area contributed by atoms with Crippen LogP contribution in [-0.4, -0.2) is 36.7 Å². The summed E-state index contributed by atoms with van der Waals surface area (Å²) < 4.78 is 5.22. The summed E-state index contributed by atoms with van der Waals surface area (Å²) >= 11 is 0. The number of aromatic carboxylic acids is 1. The maximum atomic E-state index is 11.9. The van der Waals surface area contributed by atoms with E-state index in [1.54, 1.807) is 18.2 Å². The van der Waals surface area contributed by atoms with Gasteiger partial charge in [0.05, 0.1) is 5.56 Å². The van der Waals surface area contributed by atoms with Gasteiger partial charge in [0.25, 0.3) is 0 Å². The maximum absolute atomic E-state index is 11.9. The third-order valence-corrected chi connectivity index (χ3v) is 3.48. The Kier molecular flexibility index (Phi) is 5.12. The zero-order valence-electron chi connectivity index (χ0n) is 11.3. The number of rotatable bonds is 5. The van der Waals surface area contributed by atoms with Gasteiger partial charge in [-0.1, -0.05) is 12.1 Å². The molecule has 1 aliphatic heterocycles. The van der Waals surface area contributed by atoms with Crippen LogP contribution >= 0.6 is 0 Å². The lowest BCUT2D eigenvalue weighted by atomic mass is 9.99. The minimum absolute atomic E-state index is 0.0501. The highest BCUT2D eigenvalue weighted by atomic mass is 16.5. The molecule has 1 fully saturated rings. The van der Waals surface area contributed by atoms with Crippen LogP contribution in [0.1, 0.15) is 28.8 Å². The molecule has 1 aliphatic rings. The van der Waals surface area contributed by atoms with Crippen LogP contribution in [0.2, 0.25) is 0 Å². The number of hydrogen-bond donors (Lipinski definition) is 2. The third kappa shape index (κ3) is 4.06. The minimum Gasteiger partial charge on any atom is -0.478 e. The molecule has 0 aliphatic carbocycles. The summed E-state index contributed by atoms with van der Waals surface area (Å²) in [4.78, 5) is 22.8. The van der Waals surface area contributed by atoms with Gasteiger partial charge in [0.15, 0.2) is 0 Å². The largest absolute Gasteiger partial charge is 0.478 e. The number of carboxylic acid groups (broad SMARTS) is 1. The fourth-order valence-electron chi connectivity index (χ4n) is 2.29. The Morgan fingerprint density at radius 2 is 2.05 bits per heavy atom. The molecule has 0 saturated carbocycles. The first-order chi connectivity index (χ1) is 9.66. The highest BCUT2D eigenvalue weighted by molar-refractivity contribution is 5.87. The van der Waals surface area contributed by atoms with Gasteiger partial charge in [0.2, 0.25) is 5.91 Å². The van der Waals surface area contributed by atoms with Gasteiger partial charge in [0.1, 0.15) is 0 Å². The average Bonchev–Trinajstić information content (AvgIpc) is 2.48. The molecular weight excluding hydrogens is 258 g/mol. The Hall–Kier alpha value is -1.88. The molecule has 1 saturated heterocycles. The minimum atomic E-state index is -0.932. The predicted molar refractivity (Wildman–Crippen MR) is 73.7 cm³/mol. The number of benzene rings is 1. The van der Waals surface area contributed by atoms with Crippen LogP contribution in [0.4, 0.5) is 0 Å². The average molecular weight is 277 g/mol. The summed E-state index contributed by atoms with van der Waals surface area (Å²) in [5, 5.41) is 11.8. The monoisotopic (exact) mass is 277 g/mol. The normalized spacial score (nSPS) is 15.8. The van der Waals surface area contributed by atoms with Crippen LogP contribution in [0.3, 0.4) is 0 Å². The van der Waals surface area contributed by atoms with Crippen molar-refractivity contribution < 1.29 is 19.4 Å². The molecule has 0 aromatic heterocycles. The topological polar surface area (TPSA) is 75.6 Å². The Balaban J connectivity index is 1.79. The lowest BCUT2D eigenvalue weighted by Gasteiger charge is -2.21. The van der Waals surface area contributed by atoms with Gasteiger partial charge in [-0.05, 0) is 37.0 Å². The molecule has 1 aromatic rings. The molecule has 0 atom stereocenters. The summed E-state index contributed by atoms with van der Waals surface area (Å²) in [6, 6.07) is 6.79. The van der Waals surface area contributed by atoms with Crippen LogP contribution in [0, 0.1) is 5.92 Å². The van der Waals surface area contributed by atoms with Gasteiger partial charge >= 0.3 is 5.97 Å². The fraction of sp³-hybridized carbons (Fsp3) is 0.467. The van der Waals surface area contributed by atoms with Crippen LogP contribution in [-0.2, 0) is 16.0 Å². The number of amides is 1. The first kappa shape index (κ1) is 14.5. The lowest BCUT2D eigenvalue weighted by Crippen LogP contribution is -2.35. The van der Waals surface area contributed by atoms with Crippen molar-refractivity contribution in [2.75, 3.05) is 19.8 Å². The smallest absolute Gasteiger partial charge is 0.335 e. The summed E-state index contributed by atoms with van der Waals surface area (Å²) in [6.07, 6.45) is 2.19. The molecule has 0 bridgehead atoms. The summed E-state index contributed by atoms with van der Waals surface area (Å²) in [5.41, 5.74) is 1.19. The van der Waals surface area contributed by atoms with Crippen molar-refractivity contribution in [2.45, 2.75) is 19.3 Å². The van der Waals surface area contributed by atoms with E-state index in [4.69, 9.17) is 9.84 Å². The molecule has 2 rings (SSSR count). The van der Waals surface area contributed by atoms with Gasteiger partial charge < -0.3 is 15.2 Å². The molecule has 5 nitrogen and oxygen atoms in total. The summed E-state index contributed by atoms with van der Waals surface area (Å²) in [6.45, 7) is 1.83. The van der Waals surface area contributed by atoms with Gasteiger partial charge in [-0.3, -0.25) is 4.79 Å². The van der Waals surface area contributed by atoms with Gasteiger partial charge in [-0.15, -0.1) is 0 Å². The Labute approximate surface area is 117 Å². The Morgan fingerprint density at radius 1 is 1.30 bits per heavy atom. The maximum Gasteiger partial charge on any atom is 0.335 e. The number of ether oxygens (including phenoxy) is 1. The molecule has 0 spiro atoms. The van der Waals surface area contributed by atoms with E-state index < -0.39 is 5.97 Å². The molecule has 1 heterocycles. The van der Waals surface area contributed by atoms with E-state index in [0.717, 1.165) is 18.4 Å². The van der Waals surface area contributed by atoms with Crippen molar-refractivity contribution in [3.05, 3.63) is 35.4 Å². The molecular formula is C15H19NO4. The molecule has 0 radical (unpaired) electrons. The van der Waals surface area contributed by atoms with E-state index >= 15 is 0 Å². The first-order valence-electron chi connectivity index (χ1n) is 6.84. The van der Waals surface area contributed by atoms with E-state index in [9.17, 15) is 9.59 Å². The van der Waals surface area contributed by atoms with E-state index in [2.05, 4.69) is 5.32 Å². The Bertz CT molecular complexity index is 481.